The van der Waals surface area contributed by atoms with Gasteiger partial charge in [0.1, 0.15) is 0 Å². The molecular formula is C22H23NO3S. The highest BCUT2D eigenvalue weighted by atomic mass is 32.2. The quantitative estimate of drug-likeness (QED) is 0.737. The summed E-state index contributed by atoms with van der Waals surface area (Å²) in [5.41, 5.74) is 3.67. The van der Waals surface area contributed by atoms with Gasteiger partial charge in [-0.05, 0) is 48.2 Å². The maximum atomic E-state index is 12.6. The number of ether oxygens (including phenoxy) is 2. The highest BCUT2D eigenvalue weighted by molar-refractivity contribution is 7.99. The van der Waals surface area contributed by atoms with Crippen LogP contribution in [0.2, 0.25) is 0 Å². The number of thioether (sulfide) groups is 1. The summed E-state index contributed by atoms with van der Waals surface area (Å²) in [6.45, 7) is 4.00. The molecule has 0 aromatic heterocycles. The monoisotopic (exact) mass is 381 g/mol. The van der Waals surface area contributed by atoms with E-state index < -0.39 is 0 Å². The van der Waals surface area contributed by atoms with Gasteiger partial charge in [-0.3, -0.25) is 4.79 Å². The summed E-state index contributed by atoms with van der Waals surface area (Å²) in [5.74, 6) is 2.52. The van der Waals surface area contributed by atoms with Gasteiger partial charge in [-0.2, -0.15) is 11.8 Å². The SMILES string of the molecule is Cc1ccccc1C1CCN(C(=O)/C=C/c2ccc3c(c2)OCO3)CCS1. The first kappa shape index (κ1) is 18.0. The van der Waals surface area contributed by atoms with Gasteiger partial charge >= 0.3 is 0 Å². The molecule has 2 aliphatic heterocycles. The Morgan fingerprint density at radius 2 is 2.00 bits per heavy atom. The largest absolute Gasteiger partial charge is 0.454 e. The number of carbonyl (C=O) groups excluding carboxylic acids is 1. The standard InChI is InChI=1S/C22H23NO3S/c1-16-4-2-3-5-18(16)21-10-11-23(12-13-27-21)22(24)9-7-17-6-8-19-20(14-17)26-15-25-19/h2-9,14,21H,10-13,15H2,1H3/b9-7+. The molecule has 4 nitrogen and oxygen atoms in total. The molecule has 0 saturated carbocycles. The molecule has 1 saturated heterocycles. The van der Waals surface area contributed by atoms with Crippen LogP contribution in [0.25, 0.3) is 6.08 Å². The van der Waals surface area contributed by atoms with Crippen molar-refractivity contribution in [1.82, 2.24) is 4.90 Å². The Labute approximate surface area is 164 Å². The van der Waals surface area contributed by atoms with Gasteiger partial charge in [0.15, 0.2) is 11.5 Å². The maximum Gasteiger partial charge on any atom is 0.246 e. The van der Waals surface area contributed by atoms with Gasteiger partial charge in [0.2, 0.25) is 12.7 Å². The second kappa shape index (κ2) is 8.09. The lowest BCUT2D eigenvalue weighted by Crippen LogP contribution is -2.31. The summed E-state index contributed by atoms with van der Waals surface area (Å²) >= 11 is 1.95. The predicted molar refractivity (Wildman–Crippen MR) is 109 cm³/mol. The molecule has 4 rings (SSSR count). The van der Waals surface area contributed by atoms with E-state index in [1.54, 1.807) is 6.08 Å². The van der Waals surface area contributed by atoms with Crippen LogP contribution in [-0.4, -0.2) is 36.4 Å². The lowest BCUT2D eigenvalue weighted by atomic mass is 10.0. The van der Waals surface area contributed by atoms with Gasteiger partial charge in [0.05, 0.1) is 0 Å². The van der Waals surface area contributed by atoms with E-state index in [9.17, 15) is 4.79 Å². The number of hydrogen-bond donors (Lipinski definition) is 0. The number of benzene rings is 2. The third kappa shape index (κ3) is 4.14. The molecule has 2 aromatic carbocycles. The van der Waals surface area contributed by atoms with Crippen LogP contribution in [0.1, 0.15) is 28.4 Å². The Balaban J connectivity index is 1.39. The fourth-order valence-corrected chi connectivity index (χ4v) is 4.80. The van der Waals surface area contributed by atoms with Crippen molar-refractivity contribution in [1.29, 1.82) is 0 Å². The van der Waals surface area contributed by atoms with E-state index in [0.29, 0.717) is 5.25 Å². The van der Waals surface area contributed by atoms with E-state index in [-0.39, 0.29) is 12.7 Å². The van der Waals surface area contributed by atoms with E-state index in [2.05, 4.69) is 31.2 Å². The minimum atomic E-state index is 0.0682. The maximum absolute atomic E-state index is 12.6. The molecule has 1 unspecified atom stereocenters. The Morgan fingerprint density at radius 3 is 2.89 bits per heavy atom. The molecule has 0 radical (unpaired) electrons. The van der Waals surface area contributed by atoms with Crippen molar-refractivity contribution >= 4 is 23.7 Å². The minimum Gasteiger partial charge on any atom is -0.454 e. The molecule has 0 spiro atoms. The van der Waals surface area contributed by atoms with Crippen LogP contribution in [0.3, 0.4) is 0 Å². The fourth-order valence-electron chi connectivity index (χ4n) is 3.48. The van der Waals surface area contributed by atoms with Crippen molar-refractivity contribution in [2.75, 3.05) is 25.6 Å². The van der Waals surface area contributed by atoms with Crippen molar-refractivity contribution in [3.63, 3.8) is 0 Å². The predicted octanol–water partition coefficient (Wildman–Crippen LogP) is 4.44. The van der Waals surface area contributed by atoms with Gasteiger partial charge in [-0.1, -0.05) is 30.3 Å². The normalized spacial score (nSPS) is 19.3. The molecule has 2 heterocycles. The van der Waals surface area contributed by atoms with Gasteiger partial charge in [0, 0.05) is 30.2 Å². The second-order valence-corrected chi connectivity index (χ2v) is 8.09. The minimum absolute atomic E-state index is 0.0682. The molecule has 5 heteroatoms. The van der Waals surface area contributed by atoms with Crippen molar-refractivity contribution in [3.05, 3.63) is 65.2 Å². The zero-order valence-electron chi connectivity index (χ0n) is 15.4. The molecule has 0 bridgehead atoms. The first-order valence-corrected chi connectivity index (χ1v) is 10.3. The number of rotatable bonds is 3. The number of carbonyl (C=O) groups is 1. The van der Waals surface area contributed by atoms with Crippen LogP contribution in [0.15, 0.2) is 48.5 Å². The van der Waals surface area contributed by atoms with E-state index in [4.69, 9.17) is 9.47 Å². The Kier molecular flexibility index (Phi) is 5.39. The smallest absolute Gasteiger partial charge is 0.246 e. The average molecular weight is 381 g/mol. The van der Waals surface area contributed by atoms with Crippen LogP contribution in [0.5, 0.6) is 11.5 Å². The Hall–Kier alpha value is -2.40. The zero-order valence-corrected chi connectivity index (χ0v) is 16.2. The van der Waals surface area contributed by atoms with Crippen LogP contribution >= 0.6 is 11.8 Å². The molecule has 2 aromatic rings. The van der Waals surface area contributed by atoms with Gasteiger partial charge < -0.3 is 14.4 Å². The lowest BCUT2D eigenvalue weighted by molar-refractivity contribution is -0.125. The molecule has 27 heavy (non-hydrogen) atoms. The van der Waals surface area contributed by atoms with Crippen molar-refractivity contribution in [2.45, 2.75) is 18.6 Å². The topological polar surface area (TPSA) is 38.8 Å². The van der Waals surface area contributed by atoms with E-state index in [1.807, 2.05) is 40.9 Å². The van der Waals surface area contributed by atoms with Crippen LogP contribution < -0.4 is 9.47 Å². The zero-order chi connectivity index (χ0) is 18.6. The second-order valence-electron chi connectivity index (χ2n) is 6.78. The first-order valence-electron chi connectivity index (χ1n) is 9.24. The van der Waals surface area contributed by atoms with Crippen LogP contribution in [0, 0.1) is 6.92 Å². The molecule has 0 aliphatic carbocycles. The molecular weight excluding hydrogens is 358 g/mol. The summed E-state index contributed by atoms with van der Waals surface area (Å²) in [7, 11) is 0. The lowest BCUT2D eigenvalue weighted by Gasteiger charge is -2.19. The summed E-state index contributed by atoms with van der Waals surface area (Å²) in [6.07, 6.45) is 4.50. The van der Waals surface area contributed by atoms with E-state index >= 15 is 0 Å². The Bertz CT molecular complexity index is 864. The Morgan fingerprint density at radius 1 is 1.15 bits per heavy atom. The van der Waals surface area contributed by atoms with Crippen LogP contribution in [-0.2, 0) is 4.79 Å². The molecule has 1 amide bonds. The number of nitrogens with zero attached hydrogens (tertiary/aromatic N) is 1. The van der Waals surface area contributed by atoms with Crippen LogP contribution in [0.4, 0.5) is 0 Å². The number of aryl methyl sites for hydroxylation is 1. The summed E-state index contributed by atoms with van der Waals surface area (Å²) in [5, 5.41) is 0.460. The number of fused-ring (bicyclic) bond motifs is 1. The van der Waals surface area contributed by atoms with Gasteiger partial charge in [-0.25, -0.2) is 0 Å². The van der Waals surface area contributed by atoms with Crippen molar-refractivity contribution in [2.24, 2.45) is 0 Å². The van der Waals surface area contributed by atoms with E-state index in [1.165, 1.54) is 11.1 Å². The number of hydrogen-bond acceptors (Lipinski definition) is 4. The van der Waals surface area contributed by atoms with Gasteiger partial charge in [0.25, 0.3) is 0 Å². The molecule has 1 atom stereocenters. The summed E-state index contributed by atoms with van der Waals surface area (Å²) in [4.78, 5) is 14.6. The first-order chi connectivity index (χ1) is 13.2. The molecule has 140 valence electrons. The van der Waals surface area contributed by atoms with Gasteiger partial charge in [-0.15, -0.1) is 0 Å². The molecule has 1 fully saturated rings. The average Bonchev–Trinajstić information content (AvgIpc) is 3.01. The highest BCUT2D eigenvalue weighted by Gasteiger charge is 2.22. The summed E-state index contributed by atoms with van der Waals surface area (Å²) < 4.78 is 10.7. The third-order valence-electron chi connectivity index (χ3n) is 5.00. The van der Waals surface area contributed by atoms with Crippen molar-refractivity contribution < 1.29 is 14.3 Å². The summed E-state index contributed by atoms with van der Waals surface area (Å²) in [6, 6.07) is 14.3. The molecule has 2 aliphatic rings. The fraction of sp³-hybridized carbons (Fsp3) is 0.318. The molecule has 0 N–H and O–H groups in total. The third-order valence-corrected chi connectivity index (χ3v) is 6.31. The number of amides is 1. The van der Waals surface area contributed by atoms with E-state index in [0.717, 1.165) is 42.3 Å². The van der Waals surface area contributed by atoms with Crippen molar-refractivity contribution in [3.8, 4) is 11.5 Å². The highest BCUT2D eigenvalue weighted by Crippen LogP contribution is 2.36.